The summed E-state index contributed by atoms with van der Waals surface area (Å²) in [6, 6.07) is 3.46. The van der Waals surface area contributed by atoms with Crippen LogP contribution in [0.1, 0.15) is 63.8 Å². The minimum atomic E-state index is 0.441. The van der Waals surface area contributed by atoms with E-state index in [2.05, 4.69) is 56.8 Å². The molecule has 2 fully saturated rings. The van der Waals surface area contributed by atoms with Crippen molar-refractivity contribution in [2.75, 3.05) is 26.2 Å². The molecule has 2 N–H and O–H groups in total. The standard InChI is InChI=1S/C27H36N8/c1-4-20-24(21-5-10-28-27-22(21)15-30-33-27)31-23-16-29-26(32-25(20)23)18-6-11-35(12-7-18)19-8-13-34(14-9-19)17(2)3/h5,10,15-19,31H,4,6-9,11-14H2,1-3H3,(H,28,30,33). The Bertz CT molecular complexity index is 1310. The summed E-state index contributed by atoms with van der Waals surface area (Å²) < 4.78 is 0. The molecule has 0 bridgehead atoms. The van der Waals surface area contributed by atoms with Gasteiger partial charge in [0.05, 0.1) is 29.1 Å². The average Bonchev–Trinajstić information content (AvgIpc) is 3.53. The molecule has 8 nitrogen and oxygen atoms in total. The lowest BCUT2D eigenvalue weighted by Crippen LogP contribution is -2.48. The molecule has 6 heterocycles. The van der Waals surface area contributed by atoms with Crippen LogP contribution in [0, 0.1) is 0 Å². The number of hydrogen-bond acceptors (Lipinski definition) is 6. The first kappa shape index (κ1) is 22.6. The molecule has 35 heavy (non-hydrogen) atoms. The highest BCUT2D eigenvalue weighted by Gasteiger charge is 2.30. The van der Waals surface area contributed by atoms with E-state index in [1.165, 1.54) is 31.5 Å². The fourth-order valence-electron chi connectivity index (χ4n) is 6.18. The maximum Gasteiger partial charge on any atom is 0.155 e. The first-order valence-electron chi connectivity index (χ1n) is 13.3. The monoisotopic (exact) mass is 472 g/mol. The van der Waals surface area contributed by atoms with Crippen LogP contribution in [0.25, 0.3) is 33.3 Å². The number of aryl methyl sites for hydroxylation is 1. The van der Waals surface area contributed by atoms with Crippen molar-refractivity contribution in [3.05, 3.63) is 36.0 Å². The van der Waals surface area contributed by atoms with Gasteiger partial charge in [0.2, 0.25) is 0 Å². The molecule has 0 spiro atoms. The Labute approximate surface area is 206 Å². The van der Waals surface area contributed by atoms with Gasteiger partial charge in [0.1, 0.15) is 5.82 Å². The quantitative estimate of drug-likeness (QED) is 0.444. The minimum Gasteiger partial charge on any atom is -0.352 e. The highest BCUT2D eigenvalue weighted by molar-refractivity contribution is 5.96. The lowest BCUT2D eigenvalue weighted by atomic mass is 9.92. The third-order valence-corrected chi connectivity index (χ3v) is 8.27. The second-order valence-electron chi connectivity index (χ2n) is 10.5. The predicted molar refractivity (Wildman–Crippen MR) is 139 cm³/mol. The van der Waals surface area contributed by atoms with Gasteiger partial charge in [-0.3, -0.25) is 5.10 Å². The fraction of sp³-hybridized carbons (Fsp3) is 0.556. The molecule has 0 atom stereocenters. The van der Waals surface area contributed by atoms with Crippen LogP contribution in [0.4, 0.5) is 0 Å². The summed E-state index contributed by atoms with van der Waals surface area (Å²) in [5.41, 5.74) is 6.32. The smallest absolute Gasteiger partial charge is 0.155 e. The Morgan fingerprint density at radius 2 is 1.83 bits per heavy atom. The van der Waals surface area contributed by atoms with Gasteiger partial charge in [-0.1, -0.05) is 6.92 Å². The van der Waals surface area contributed by atoms with E-state index in [1.807, 2.05) is 18.6 Å². The van der Waals surface area contributed by atoms with E-state index >= 15 is 0 Å². The Morgan fingerprint density at radius 1 is 1.03 bits per heavy atom. The van der Waals surface area contributed by atoms with E-state index in [-0.39, 0.29) is 0 Å². The third-order valence-electron chi connectivity index (χ3n) is 8.27. The van der Waals surface area contributed by atoms with Gasteiger partial charge >= 0.3 is 0 Å². The van der Waals surface area contributed by atoms with Crippen molar-refractivity contribution in [2.45, 2.75) is 70.9 Å². The largest absolute Gasteiger partial charge is 0.352 e. The van der Waals surface area contributed by atoms with E-state index in [0.29, 0.717) is 12.0 Å². The predicted octanol–water partition coefficient (Wildman–Crippen LogP) is 4.51. The summed E-state index contributed by atoms with van der Waals surface area (Å²) in [6.45, 7) is 11.6. The van der Waals surface area contributed by atoms with Crippen LogP contribution < -0.4 is 0 Å². The van der Waals surface area contributed by atoms with Gasteiger partial charge in [-0.25, -0.2) is 15.0 Å². The van der Waals surface area contributed by atoms with Crippen LogP contribution >= 0.6 is 0 Å². The zero-order valence-corrected chi connectivity index (χ0v) is 21.1. The Morgan fingerprint density at radius 3 is 2.57 bits per heavy atom. The van der Waals surface area contributed by atoms with Gasteiger partial charge < -0.3 is 14.8 Å². The SMILES string of the molecule is CCc1c(-c2ccnc3[nH]ncc23)[nH]c2cnc(C3CCN(C4CCN(C(C)C)CC4)CC3)nc12. The molecule has 0 saturated carbocycles. The molecule has 2 aliphatic heterocycles. The topological polar surface area (TPSA) is 89.6 Å². The van der Waals surface area contributed by atoms with Crippen molar-refractivity contribution in [2.24, 2.45) is 0 Å². The zero-order chi connectivity index (χ0) is 23.9. The molecule has 8 heteroatoms. The van der Waals surface area contributed by atoms with E-state index in [9.17, 15) is 0 Å². The Kier molecular flexibility index (Phi) is 6.02. The van der Waals surface area contributed by atoms with Crippen LogP contribution in [0.15, 0.2) is 24.7 Å². The zero-order valence-electron chi connectivity index (χ0n) is 21.1. The van der Waals surface area contributed by atoms with Crippen molar-refractivity contribution < 1.29 is 0 Å². The minimum absolute atomic E-state index is 0.441. The molecule has 4 aromatic heterocycles. The summed E-state index contributed by atoms with van der Waals surface area (Å²) in [7, 11) is 0. The average molecular weight is 473 g/mol. The summed E-state index contributed by atoms with van der Waals surface area (Å²) >= 11 is 0. The number of hydrogen-bond donors (Lipinski definition) is 2. The number of piperidine rings is 2. The lowest BCUT2D eigenvalue weighted by Gasteiger charge is -2.42. The number of pyridine rings is 1. The second kappa shape index (κ2) is 9.32. The van der Waals surface area contributed by atoms with Crippen molar-refractivity contribution in [3.63, 3.8) is 0 Å². The van der Waals surface area contributed by atoms with Crippen LogP contribution in [0.2, 0.25) is 0 Å². The number of nitrogens with zero attached hydrogens (tertiary/aromatic N) is 6. The molecular formula is C27H36N8. The summed E-state index contributed by atoms with van der Waals surface area (Å²) in [5.74, 6) is 1.45. The van der Waals surface area contributed by atoms with Gasteiger partial charge in [0.15, 0.2) is 5.65 Å². The molecule has 0 aliphatic carbocycles. The molecule has 2 saturated heterocycles. The summed E-state index contributed by atoms with van der Waals surface area (Å²) in [4.78, 5) is 23.3. The number of fused-ring (bicyclic) bond motifs is 2. The van der Waals surface area contributed by atoms with Crippen LogP contribution in [0.3, 0.4) is 0 Å². The van der Waals surface area contributed by atoms with Crippen molar-refractivity contribution in [1.29, 1.82) is 0 Å². The Balaban J connectivity index is 1.21. The number of H-pyrrole nitrogens is 2. The van der Waals surface area contributed by atoms with Gasteiger partial charge in [-0.2, -0.15) is 5.10 Å². The van der Waals surface area contributed by atoms with Crippen molar-refractivity contribution in [3.8, 4) is 11.3 Å². The molecule has 4 aromatic rings. The second-order valence-corrected chi connectivity index (χ2v) is 10.5. The van der Waals surface area contributed by atoms with Crippen LogP contribution in [0.5, 0.6) is 0 Å². The number of aromatic nitrogens is 6. The highest BCUT2D eigenvalue weighted by Crippen LogP contribution is 2.35. The summed E-state index contributed by atoms with van der Waals surface area (Å²) in [5, 5.41) is 8.19. The van der Waals surface area contributed by atoms with Crippen LogP contribution in [-0.2, 0) is 6.42 Å². The van der Waals surface area contributed by atoms with Crippen molar-refractivity contribution >= 4 is 22.1 Å². The lowest BCUT2D eigenvalue weighted by molar-refractivity contribution is 0.0747. The summed E-state index contributed by atoms with van der Waals surface area (Å²) in [6.07, 6.45) is 11.5. The van der Waals surface area contributed by atoms with E-state index in [1.54, 1.807) is 0 Å². The number of nitrogens with one attached hydrogen (secondary N) is 2. The first-order valence-corrected chi connectivity index (χ1v) is 13.3. The molecule has 0 aromatic carbocycles. The first-order chi connectivity index (χ1) is 17.1. The Hall–Kier alpha value is -2.84. The van der Waals surface area contributed by atoms with Gasteiger partial charge in [-0.05, 0) is 78.2 Å². The van der Waals surface area contributed by atoms with E-state index in [0.717, 1.165) is 77.5 Å². The molecule has 2 aliphatic rings. The van der Waals surface area contributed by atoms with Gasteiger partial charge in [0.25, 0.3) is 0 Å². The van der Waals surface area contributed by atoms with Crippen molar-refractivity contribution in [1.82, 2.24) is 39.9 Å². The normalized spacial score (nSPS) is 19.4. The van der Waals surface area contributed by atoms with E-state index < -0.39 is 0 Å². The van der Waals surface area contributed by atoms with Gasteiger partial charge in [0, 0.05) is 40.7 Å². The number of aromatic amines is 2. The fourth-order valence-corrected chi connectivity index (χ4v) is 6.18. The molecule has 0 amide bonds. The third kappa shape index (κ3) is 4.12. The number of rotatable bonds is 5. The molecule has 184 valence electrons. The van der Waals surface area contributed by atoms with E-state index in [4.69, 9.17) is 9.97 Å². The van der Waals surface area contributed by atoms with Gasteiger partial charge in [-0.15, -0.1) is 0 Å². The molecule has 0 unspecified atom stereocenters. The maximum atomic E-state index is 5.14. The highest BCUT2D eigenvalue weighted by atomic mass is 15.2. The molecule has 6 rings (SSSR count). The number of likely N-dealkylation sites (tertiary alicyclic amines) is 2. The molecule has 0 radical (unpaired) electrons. The molecular weight excluding hydrogens is 436 g/mol. The maximum absolute atomic E-state index is 5.14. The van der Waals surface area contributed by atoms with Crippen LogP contribution in [-0.4, -0.2) is 78.2 Å².